The summed E-state index contributed by atoms with van der Waals surface area (Å²) in [5.74, 6) is -1.96. The highest BCUT2D eigenvalue weighted by atomic mass is 19.1. The van der Waals surface area contributed by atoms with Crippen molar-refractivity contribution < 1.29 is 19.1 Å². The fraction of sp³-hybridized carbons (Fsp3) is 0.385. The molecular weight excluding hydrogens is 237 g/mol. The van der Waals surface area contributed by atoms with Crippen LogP contribution in [0, 0.1) is 5.82 Å². The average Bonchev–Trinajstić information content (AvgIpc) is 2.68. The van der Waals surface area contributed by atoms with E-state index in [1.807, 2.05) is 0 Å². The molecule has 0 saturated carbocycles. The number of halogens is 1. The molecule has 1 heterocycles. The van der Waals surface area contributed by atoms with Crippen LogP contribution in [0.15, 0.2) is 24.3 Å². The Morgan fingerprint density at radius 1 is 1.56 bits per heavy atom. The lowest BCUT2D eigenvalue weighted by molar-refractivity contribution is -0.141. The lowest BCUT2D eigenvalue weighted by Crippen LogP contribution is -2.46. The third-order valence-electron chi connectivity index (χ3n) is 3.62. The van der Waals surface area contributed by atoms with E-state index >= 15 is 0 Å². The Balaban J connectivity index is 2.57. The van der Waals surface area contributed by atoms with E-state index in [0.717, 1.165) is 0 Å². The highest BCUT2D eigenvalue weighted by Gasteiger charge is 2.51. The molecule has 0 aromatic heterocycles. The zero-order valence-corrected chi connectivity index (χ0v) is 9.94. The molecule has 1 amide bonds. The molecule has 0 aliphatic carbocycles. The largest absolute Gasteiger partial charge is 0.480 e. The Hall–Kier alpha value is -1.91. The van der Waals surface area contributed by atoms with Gasteiger partial charge in [-0.1, -0.05) is 25.1 Å². The smallest absolute Gasteiger partial charge is 0.327 e. The molecule has 4 nitrogen and oxygen atoms in total. The van der Waals surface area contributed by atoms with Gasteiger partial charge in [0.15, 0.2) is 0 Å². The zero-order chi connectivity index (χ0) is 13.3. The first-order valence-electron chi connectivity index (χ1n) is 5.78. The first-order valence-corrected chi connectivity index (χ1v) is 5.78. The van der Waals surface area contributed by atoms with Crippen molar-refractivity contribution >= 4 is 11.9 Å². The van der Waals surface area contributed by atoms with Crippen molar-refractivity contribution in [3.63, 3.8) is 0 Å². The SMILES string of the molecule is CCC1(c2ccccc2F)CC(=O)NC1C(=O)O. The summed E-state index contributed by atoms with van der Waals surface area (Å²) in [6.45, 7) is 1.77. The predicted octanol–water partition coefficient (Wildman–Crippen LogP) is 1.45. The van der Waals surface area contributed by atoms with E-state index in [2.05, 4.69) is 5.32 Å². The highest BCUT2D eigenvalue weighted by molar-refractivity contribution is 5.91. The molecule has 5 heteroatoms. The number of amides is 1. The third kappa shape index (κ3) is 1.75. The van der Waals surface area contributed by atoms with Gasteiger partial charge in [-0.05, 0) is 18.1 Å². The second-order valence-corrected chi connectivity index (χ2v) is 4.51. The Labute approximate surface area is 104 Å². The minimum Gasteiger partial charge on any atom is -0.480 e. The van der Waals surface area contributed by atoms with Crippen LogP contribution < -0.4 is 5.32 Å². The Kier molecular flexibility index (Phi) is 3.07. The summed E-state index contributed by atoms with van der Waals surface area (Å²) in [5, 5.41) is 11.6. The summed E-state index contributed by atoms with van der Waals surface area (Å²) in [4.78, 5) is 22.8. The summed E-state index contributed by atoms with van der Waals surface area (Å²) >= 11 is 0. The van der Waals surface area contributed by atoms with Gasteiger partial charge < -0.3 is 10.4 Å². The van der Waals surface area contributed by atoms with Gasteiger partial charge in [-0.3, -0.25) is 4.79 Å². The molecule has 2 rings (SSSR count). The van der Waals surface area contributed by atoms with E-state index in [-0.39, 0.29) is 12.3 Å². The molecule has 1 aromatic carbocycles. The van der Waals surface area contributed by atoms with Crippen LogP contribution in [0.4, 0.5) is 4.39 Å². The van der Waals surface area contributed by atoms with Crippen LogP contribution in [0.25, 0.3) is 0 Å². The van der Waals surface area contributed by atoms with Gasteiger partial charge >= 0.3 is 5.97 Å². The molecule has 2 atom stereocenters. The number of hydrogen-bond donors (Lipinski definition) is 2. The highest BCUT2D eigenvalue weighted by Crippen LogP contribution is 2.40. The second kappa shape index (κ2) is 4.40. The molecule has 2 unspecified atom stereocenters. The monoisotopic (exact) mass is 251 g/mol. The van der Waals surface area contributed by atoms with Gasteiger partial charge in [0.1, 0.15) is 11.9 Å². The molecule has 1 aliphatic rings. The van der Waals surface area contributed by atoms with Crippen LogP contribution in [-0.2, 0) is 15.0 Å². The lowest BCUT2D eigenvalue weighted by Gasteiger charge is -2.31. The van der Waals surface area contributed by atoms with Crippen molar-refractivity contribution in [1.82, 2.24) is 5.32 Å². The summed E-state index contributed by atoms with van der Waals surface area (Å²) in [6.07, 6.45) is 0.380. The van der Waals surface area contributed by atoms with Gasteiger partial charge in [0.25, 0.3) is 0 Å². The minimum absolute atomic E-state index is 0.00139. The molecule has 2 N–H and O–H groups in total. The number of hydrogen-bond acceptors (Lipinski definition) is 2. The first-order chi connectivity index (χ1) is 8.51. The maximum Gasteiger partial charge on any atom is 0.327 e. The Morgan fingerprint density at radius 2 is 2.22 bits per heavy atom. The van der Waals surface area contributed by atoms with Crippen LogP contribution in [-0.4, -0.2) is 23.0 Å². The quantitative estimate of drug-likeness (QED) is 0.854. The van der Waals surface area contributed by atoms with Crippen molar-refractivity contribution in [2.24, 2.45) is 0 Å². The molecule has 0 radical (unpaired) electrons. The summed E-state index contributed by atoms with van der Waals surface area (Å²) in [6, 6.07) is 4.95. The second-order valence-electron chi connectivity index (χ2n) is 4.51. The fourth-order valence-corrected chi connectivity index (χ4v) is 2.67. The molecule has 0 bridgehead atoms. The van der Waals surface area contributed by atoms with Crippen LogP contribution in [0.3, 0.4) is 0 Å². The van der Waals surface area contributed by atoms with Gasteiger partial charge in [-0.15, -0.1) is 0 Å². The van der Waals surface area contributed by atoms with Crippen LogP contribution >= 0.6 is 0 Å². The molecule has 1 fully saturated rings. The van der Waals surface area contributed by atoms with Crippen molar-refractivity contribution in [2.75, 3.05) is 0 Å². The van der Waals surface area contributed by atoms with Gasteiger partial charge in [0.2, 0.25) is 5.91 Å². The molecule has 1 aromatic rings. The number of carbonyl (C=O) groups excluding carboxylic acids is 1. The third-order valence-corrected chi connectivity index (χ3v) is 3.62. The topological polar surface area (TPSA) is 66.4 Å². The Morgan fingerprint density at radius 3 is 2.78 bits per heavy atom. The van der Waals surface area contributed by atoms with Crippen LogP contribution in [0.2, 0.25) is 0 Å². The molecule has 1 saturated heterocycles. The average molecular weight is 251 g/mol. The van der Waals surface area contributed by atoms with Crippen LogP contribution in [0.1, 0.15) is 25.3 Å². The normalized spacial score (nSPS) is 27.0. The van der Waals surface area contributed by atoms with Gasteiger partial charge in [-0.2, -0.15) is 0 Å². The summed E-state index contributed by atoms with van der Waals surface area (Å²) in [7, 11) is 0. The number of carboxylic acids is 1. The van der Waals surface area contributed by atoms with Gasteiger partial charge in [0, 0.05) is 11.8 Å². The maximum absolute atomic E-state index is 13.9. The summed E-state index contributed by atoms with van der Waals surface area (Å²) in [5.41, 5.74) is -0.716. The Bertz CT molecular complexity index is 503. The number of benzene rings is 1. The van der Waals surface area contributed by atoms with Gasteiger partial charge in [-0.25, -0.2) is 9.18 Å². The standard InChI is InChI=1S/C13H14FNO3/c1-2-13(8-5-3-4-6-9(8)14)7-10(16)15-11(13)12(17)18/h3-6,11H,2,7H2,1H3,(H,15,16)(H,17,18). The molecule has 18 heavy (non-hydrogen) atoms. The van der Waals surface area contributed by atoms with Crippen LogP contribution in [0.5, 0.6) is 0 Å². The number of rotatable bonds is 3. The maximum atomic E-state index is 13.9. The van der Waals surface area contributed by atoms with Crippen molar-refractivity contribution in [3.05, 3.63) is 35.6 Å². The number of nitrogens with one attached hydrogen (secondary N) is 1. The van der Waals surface area contributed by atoms with E-state index in [4.69, 9.17) is 0 Å². The molecule has 1 aliphatic heterocycles. The van der Waals surface area contributed by atoms with E-state index < -0.39 is 23.2 Å². The number of carbonyl (C=O) groups is 2. The van der Waals surface area contributed by atoms with Crippen molar-refractivity contribution in [2.45, 2.75) is 31.2 Å². The van der Waals surface area contributed by atoms with Crippen molar-refractivity contribution in [1.29, 1.82) is 0 Å². The number of aliphatic carboxylic acids is 1. The molecule has 96 valence electrons. The van der Waals surface area contributed by atoms with E-state index in [1.165, 1.54) is 6.07 Å². The molecule has 0 spiro atoms. The first kappa shape index (κ1) is 12.5. The fourth-order valence-electron chi connectivity index (χ4n) is 2.67. The minimum atomic E-state index is -1.13. The predicted molar refractivity (Wildman–Crippen MR) is 62.6 cm³/mol. The van der Waals surface area contributed by atoms with E-state index in [9.17, 15) is 19.1 Å². The van der Waals surface area contributed by atoms with Crippen molar-refractivity contribution in [3.8, 4) is 0 Å². The van der Waals surface area contributed by atoms with Gasteiger partial charge in [0.05, 0.1) is 0 Å². The zero-order valence-electron chi connectivity index (χ0n) is 9.94. The number of carboxylic acid groups (broad SMARTS) is 1. The summed E-state index contributed by atoms with van der Waals surface area (Å²) < 4.78 is 13.9. The van der Waals surface area contributed by atoms with E-state index in [0.29, 0.717) is 12.0 Å². The van der Waals surface area contributed by atoms with E-state index in [1.54, 1.807) is 25.1 Å². The molecular formula is C13H14FNO3. The lowest BCUT2D eigenvalue weighted by atomic mass is 9.72.